The van der Waals surface area contributed by atoms with Crippen LogP contribution in [-0.2, 0) is 28.9 Å². The molecular weight excluding hydrogens is 460 g/mol. The van der Waals surface area contributed by atoms with E-state index in [1.165, 1.54) is 6.07 Å². The molecule has 2 aromatic carbocycles. The lowest BCUT2D eigenvalue weighted by Crippen LogP contribution is -2.46. The molecule has 1 aliphatic heterocycles. The lowest BCUT2D eigenvalue weighted by atomic mass is 10.1. The molecule has 5 rings (SSSR count). The zero-order chi connectivity index (χ0) is 25.4. The Bertz CT molecular complexity index is 1530. The first-order valence-corrected chi connectivity index (χ1v) is 12.0. The molecule has 0 spiro atoms. The lowest BCUT2D eigenvalue weighted by molar-refractivity contribution is -0.136. The second-order valence-corrected chi connectivity index (χ2v) is 9.95. The monoisotopic (exact) mass is 488 g/mol. The van der Waals surface area contributed by atoms with Gasteiger partial charge in [-0.3, -0.25) is 9.36 Å². The number of rotatable bonds is 5. The fourth-order valence-electron chi connectivity index (χ4n) is 4.48. The Labute approximate surface area is 207 Å². The van der Waals surface area contributed by atoms with Crippen molar-refractivity contribution in [3.8, 4) is 5.75 Å². The van der Waals surface area contributed by atoms with E-state index in [9.17, 15) is 14.4 Å². The van der Waals surface area contributed by atoms with Crippen molar-refractivity contribution in [2.45, 2.75) is 58.2 Å². The van der Waals surface area contributed by atoms with Gasteiger partial charge in [0, 0.05) is 36.5 Å². The molecule has 4 aromatic rings. The minimum absolute atomic E-state index is 0.146. The van der Waals surface area contributed by atoms with E-state index in [0.29, 0.717) is 17.4 Å². The van der Waals surface area contributed by atoms with Crippen molar-refractivity contribution >= 4 is 33.9 Å². The predicted molar refractivity (Wildman–Crippen MR) is 135 cm³/mol. The maximum absolute atomic E-state index is 13.3. The number of aromatic nitrogens is 3. The summed E-state index contributed by atoms with van der Waals surface area (Å²) in [6.07, 6.45) is 2.93. The van der Waals surface area contributed by atoms with E-state index >= 15 is 0 Å². The van der Waals surface area contributed by atoms with Gasteiger partial charge in [0.05, 0.1) is 10.9 Å². The van der Waals surface area contributed by atoms with Gasteiger partial charge in [0.25, 0.3) is 5.56 Å². The molecule has 0 bridgehead atoms. The molecule has 36 heavy (non-hydrogen) atoms. The van der Waals surface area contributed by atoms with E-state index in [2.05, 4.69) is 15.3 Å². The summed E-state index contributed by atoms with van der Waals surface area (Å²) in [6.45, 7) is 5.88. The van der Waals surface area contributed by atoms with Crippen molar-refractivity contribution in [1.29, 1.82) is 0 Å². The summed E-state index contributed by atoms with van der Waals surface area (Å²) in [4.78, 5) is 46.5. The first-order valence-electron chi connectivity index (χ1n) is 12.0. The minimum Gasteiger partial charge on any atom is -0.444 e. The van der Waals surface area contributed by atoms with E-state index < -0.39 is 23.7 Å². The molecule has 1 aliphatic rings. The molecule has 0 saturated carbocycles. The summed E-state index contributed by atoms with van der Waals surface area (Å²) in [5.41, 5.74) is 1.46. The molecule has 0 saturated heterocycles. The summed E-state index contributed by atoms with van der Waals surface area (Å²) in [5, 5.41) is 3.98. The van der Waals surface area contributed by atoms with Gasteiger partial charge in [0.2, 0.25) is 0 Å². The Morgan fingerprint density at radius 2 is 1.97 bits per heavy atom. The number of aromatic amines is 1. The number of ether oxygens (including phenoxy) is 2. The number of hydrogen-bond acceptors (Lipinski definition) is 6. The number of benzene rings is 2. The van der Waals surface area contributed by atoms with Gasteiger partial charge in [0.15, 0.2) is 0 Å². The molecule has 0 unspecified atom stereocenters. The number of alkyl carbamates (subject to hydrolysis) is 1. The molecule has 2 N–H and O–H groups in total. The normalized spacial score (nSPS) is 14.0. The van der Waals surface area contributed by atoms with Gasteiger partial charge >= 0.3 is 12.1 Å². The van der Waals surface area contributed by atoms with Crippen molar-refractivity contribution in [3.63, 3.8) is 0 Å². The van der Waals surface area contributed by atoms with Gasteiger partial charge in [-0.1, -0.05) is 18.2 Å². The Hall–Kier alpha value is -4.14. The number of amides is 1. The third-order valence-electron chi connectivity index (χ3n) is 6.08. The average Bonchev–Trinajstić information content (AvgIpc) is 3.45. The second-order valence-electron chi connectivity index (χ2n) is 9.95. The smallest absolute Gasteiger partial charge is 0.408 e. The van der Waals surface area contributed by atoms with Gasteiger partial charge < -0.3 is 19.8 Å². The number of hydrogen-bond donors (Lipinski definition) is 2. The summed E-state index contributed by atoms with van der Waals surface area (Å²) in [6, 6.07) is 11.5. The number of aryl methyl sites for hydroxylation is 1. The number of carbonyl (C=O) groups excluding carboxylic acids is 2. The molecule has 3 heterocycles. The van der Waals surface area contributed by atoms with Crippen LogP contribution in [-0.4, -0.2) is 38.2 Å². The number of nitrogens with one attached hydrogen (secondary N) is 2. The zero-order valence-corrected chi connectivity index (χ0v) is 20.5. The Morgan fingerprint density at radius 1 is 1.17 bits per heavy atom. The van der Waals surface area contributed by atoms with Crippen molar-refractivity contribution in [2.24, 2.45) is 0 Å². The highest BCUT2D eigenvalue weighted by molar-refractivity contribution is 5.87. The first kappa shape index (κ1) is 23.6. The van der Waals surface area contributed by atoms with Gasteiger partial charge in [0.1, 0.15) is 23.2 Å². The van der Waals surface area contributed by atoms with Crippen LogP contribution in [0.5, 0.6) is 5.75 Å². The Morgan fingerprint density at radius 3 is 2.78 bits per heavy atom. The van der Waals surface area contributed by atoms with Crippen LogP contribution in [0.2, 0.25) is 0 Å². The van der Waals surface area contributed by atoms with Gasteiger partial charge in [-0.05, 0) is 57.0 Å². The molecule has 0 radical (unpaired) electrons. The van der Waals surface area contributed by atoms with Gasteiger partial charge in [-0.2, -0.15) is 0 Å². The molecule has 0 aliphatic carbocycles. The van der Waals surface area contributed by atoms with Crippen LogP contribution in [0.15, 0.2) is 53.5 Å². The molecule has 9 nitrogen and oxygen atoms in total. The second kappa shape index (κ2) is 9.14. The SMILES string of the molecule is CC(C)(C)OC(=O)N[C@@H](Cc1c[nH]c2ccccc12)C(=O)Oc1ccc2nc3n(c(=O)c2c1)CCC3. The maximum Gasteiger partial charge on any atom is 0.408 e. The first-order chi connectivity index (χ1) is 17.2. The van der Waals surface area contributed by atoms with Gasteiger partial charge in [-0.25, -0.2) is 14.6 Å². The van der Waals surface area contributed by atoms with Crippen molar-refractivity contribution in [3.05, 3.63) is 70.4 Å². The Balaban J connectivity index is 1.42. The fraction of sp³-hybridized carbons (Fsp3) is 0.333. The minimum atomic E-state index is -1.02. The topological polar surface area (TPSA) is 115 Å². The highest BCUT2D eigenvalue weighted by atomic mass is 16.6. The van der Waals surface area contributed by atoms with E-state index in [-0.39, 0.29) is 17.7 Å². The average molecular weight is 489 g/mol. The maximum atomic E-state index is 13.3. The van der Waals surface area contributed by atoms with Gasteiger partial charge in [-0.15, -0.1) is 0 Å². The summed E-state index contributed by atoms with van der Waals surface area (Å²) in [5.74, 6) is 0.317. The number of nitrogens with zero attached hydrogens (tertiary/aromatic N) is 2. The number of para-hydroxylation sites is 1. The van der Waals surface area contributed by atoms with Crippen LogP contribution in [0.25, 0.3) is 21.8 Å². The van der Waals surface area contributed by atoms with Crippen LogP contribution >= 0.6 is 0 Å². The molecule has 0 fully saturated rings. The number of fused-ring (bicyclic) bond motifs is 3. The largest absolute Gasteiger partial charge is 0.444 e. The standard InChI is InChI=1S/C27H28N4O5/c1-27(2,3)36-26(34)30-22(13-16-15-28-20-8-5-4-7-18(16)20)25(33)35-17-10-11-21-19(14-17)24(32)31-12-6-9-23(31)29-21/h4-5,7-8,10-11,14-15,22,28H,6,9,12-13H2,1-3H3,(H,30,34)/t22-/m0/s1. The molecule has 2 aromatic heterocycles. The number of esters is 1. The Kier molecular flexibility index (Phi) is 5.99. The van der Waals surface area contributed by atoms with Crippen LogP contribution in [0.4, 0.5) is 4.79 Å². The zero-order valence-electron chi connectivity index (χ0n) is 20.5. The van der Waals surface area contributed by atoms with Crippen LogP contribution in [0, 0.1) is 0 Å². The lowest BCUT2D eigenvalue weighted by Gasteiger charge is -2.23. The van der Waals surface area contributed by atoms with Crippen LogP contribution < -0.4 is 15.6 Å². The fourth-order valence-corrected chi connectivity index (χ4v) is 4.48. The van der Waals surface area contributed by atoms with Crippen LogP contribution in [0.1, 0.15) is 38.6 Å². The summed E-state index contributed by atoms with van der Waals surface area (Å²) in [7, 11) is 0. The molecule has 186 valence electrons. The third-order valence-corrected chi connectivity index (χ3v) is 6.08. The van der Waals surface area contributed by atoms with E-state index in [1.54, 1.807) is 37.5 Å². The quantitative estimate of drug-likeness (QED) is 0.326. The summed E-state index contributed by atoms with van der Waals surface area (Å²) >= 11 is 0. The van der Waals surface area contributed by atoms with Crippen LogP contribution in [0.3, 0.4) is 0 Å². The molecule has 1 atom stereocenters. The van der Waals surface area contributed by atoms with E-state index in [4.69, 9.17) is 9.47 Å². The van der Waals surface area contributed by atoms with E-state index in [1.807, 2.05) is 30.5 Å². The third kappa shape index (κ3) is 4.82. The van der Waals surface area contributed by atoms with Crippen molar-refractivity contribution in [2.75, 3.05) is 0 Å². The highest BCUT2D eigenvalue weighted by Gasteiger charge is 2.27. The number of carbonyl (C=O) groups is 2. The predicted octanol–water partition coefficient (Wildman–Crippen LogP) is 3.87. The summed E-state index contributed by atoms with van der Waals surface area (Å²) < 4.78 is 12.7. The molecular formula is C27H28N4O5. The molecule has 9 heteroatoms. The van der Waals surface area contributed by atoms with Crippen molar-refractivity contribution in [1.82, 2.24) is 19.9 Å². The molecule has 1 amide bonds. The van der Waals surface area contributed by atoms with Crippen molar-refractivity contribution < 1.29 is 19.1 Å². The van der Waals surface area contributed by atoms with E-state index in [0.717, 1.165) is 35.1 Å². The number of H-pyrrole nitrogens is 1. The highest BCUT2D eigenvalue weighted by Crippen LogP contribution is 2.22.